The van der Waals surface area contributed by atoms with Gasteiger partial charge in [-0.3, -0.25) is 40.2 Å². The first-order chi connectivity index (χ1) is 22.3. The number of ketones is 1. The number of hydrogen-bond donors (Lipinski definition) is 8. The molecule has 2 aromatic carbocycles. The molecule has 0 bridgehead atoms. The lowest BCUT2D eigenvalue weighted by atomic mass is 9.84. The highest BCUT2D eigenvalue weighted by atomic mass is 19.4. The van der Waals surface area contributed by atoms with Crippen LogP contribution in [0.25, 0.3) is 0 Å². The molecule has 1 atom stereocenters. The third-order valence-electron chi connectivity index (χ3n) is 7.00. The molecule has 0 radical (unpaired) electrons. The fourth-order valence-electron chi connectivity index (χ4n) is 4.55. The van der Waals surface area contributed by atoms with E-state index >= 15 is 0 Å². The number of nitrogens with one attached hydrogen (secondary N) is 4. The van der Waals surface area contributed by atoms with E-state index in [2.05, 4.69) is 10.7 Å². The largest absolute Gasteiger partial charge is 0.490 e. The van der Waals surface area contributed by atoms with Crippen molar-refractivity contribution in [2.75, 3.05) is 26.2 Å². The molecule has 0 aromatic heterocycles. The molecule has 48 heavy (non-hydrogen) atoms. The molecule has 19 heteroatoms. The molecular formula is C29H33F3N8O8. The highest BCUT2D eigenvalue weighted by molar-refractivity contribution is 6.11. The summed E-state index contributed by atoms with van der Waals surface area (Å²) in [7, 11) is 0. The number of halogens is 3. The summed E-state index contributed by atoms with van der Waals surface area (Å²) in [5.41, 5.74) is 13.0. The van der Waals surface area contributed by atoms with Crippen LogP contribution in [0.5, 0.6) is 0 Å². The van der Waals surface area contributed by atoms with Gasteiger partial charge in [0.25, 0.3) is 17.7 Å². The number of carbonyl (C=O) groups excluding carboxylic acids is 4. The van der Waals surface area contributed by atoms with Crippen molar-refractivity contribution in [3.8, 4) is 0 Å². The third kappa shape index (κ3) is 9.82. The summed E-state index contributed by atoms with van der Waals surface area (Å²) in [5.74, 6) is -6.72. The van der Waals surface area contributed by atoms with Crippen LogP contribution in [-0.2, 0) is 19.2 Å². The van der Waals surface area contributed by atoms with Crippen LogP contribution in [0.1, 0.15) is 51.6 Å². The van der Waals surface area contributed by atoms with E-state index in [1.807, 2.05) is 0 Å². The number of nitrogens with zero attached hydrogens (tertiary/aromatic N) is 2. The molecule has 1 saturated heterocycles. The third-order valence-corrected chi connectivity index (χ3v) is 7.00. The fourth-order valence-corrected chi connectivity index (χ4v) is 4.55. The predicted molar refractivity (Wildman–Crippen MR) is 162 cm³/mol. The summed E-state index contributed by atoms with van der Waals surface area (Å²) in [6, 6.07) is 12.0. The van der Waals surface area contributed by atoms with Crippen LogP contribution >= 0.6 is 0 Å². The first kappa shape index (κ1) is 38.3. The summed E-state index contributed by atoms with van der Waals surface area (Å²) in [5, 5.41) is 35.3. The Bertz CT molecular complexity index is 1580. The average molecular weight is 679 g/mol. The standard InChI is InChI=1S/C27H32N8O6.C2HF3O2/c1-16(36)27(11-2-12-32-24(39)19-7-3-17(4-8-19)22(28)29)26(41)34(15-21(37)38)13-14-35(27)33-25(40)20-9-5-18(6-10-20)23(30)31;3-2(4,5)1(6)7/h3-10H,2,11-15H2,1H3,(H3,28,29)(H3,30,31)(H,32,39)(H,33,40)(H,37,38);(H,6,7)/t27-;/m0./s1. The summed E-state index contributed by atoms with van der Waals surface area (Å²) in [4.78, 5) is 73.7. The van der Waals surface area contributed by atoms with Crippen molar-refractivity contribution in [2.24, 2.45) is 11.5 Å². The normalized spacial score (nSPS) is 16.2. The minimum absolute atomic E-state index is 0.0231. The van der Waals surface area contributed by atoms with Gasteiger partial charge >= 0.3 is 18.1 Å². The monoisotopic (exact) mass is 678 g/mol. The van der Waals surface area contributed by atoms with Crippen LogP contribution < -0.4 is 22.2 Å². The van der Waals surface area contributed by atoms with Gasteiger partial charge < -0.3 is 31.9 Å². The maximum Gasteiger partial charge on any atom is 0.490 e. The Hall–Kier alpha value is -5.85. The molecule has 258 valence electrons. The molecule has 1 fully saturated rings. The zero-order valence-corrected chi connectivity index (χ0v) is 25.4. The highest BCUT2D eigenvalue weighted by Gasteiger charge is 2.53. The van der Waals surface area contributed by atoms with Gasteiger partial charge in [0.2, 0.25) is 0 Å². The van der Waals surface area contributed by atoms with Crippen molar-refractivity contribution in [2.45, 2.75) is 31.5 Å². The number of amides is 3. The summed E-state index contributed by atoms with van der Waals surface area (Å²) in [6.45, 7) is 0.581. The van der Waals surface area contributed by atoms with Gasteiger partial charge in [0.05, 0.1) is 0 Å². The van der Waals surface area contributed by atoms with E-state index < -0.39 is 53.7 Å². The Morgan fingerprint density at radius 1 is 0.854 bits per heavy atom. The van der Waals surface area contributed by atoms with Gasteiger partial charge in [-0.15, -0.1) is 0 Å². The number of aliphatic carboxylic acids is 2. The molecule has 1 aliphatic rings. The highest BCUT2D eigenvalue weighted by Crippen LogP contribution is 2.28. The second-order valence-electron chi connectivity index (χ2n) is 10.3. The Morgan fingerprint density at radius 3 is 1.69 bits per heavy atom. The molecule has 1 aliphatic heterocycles. The van der Waals surface area contributed by atoms with Crippen LogP contribution in [0.4, 0.5) is 13.2 Å². The topological polar surface area (TPSA) is 273 Å². The molecule has 0 unspecified atom stereocenters. The van der Waals surface area contributed by atoms with Crippen molar-refractivity contribution < 1.29 is 52.2 Å². The average Bonchev–Trinajstić information content (AvgIpc) is 3.01. The van der Waals surface area contributed by atoms with Crippen molar-refractivity contribution >= 4 is 47.1 Å². The molecule has 0 saturated carbocycles. The summed E-state index contributed by atoms with van der Waals surface area (Å²) in [6.07, 6.45) is -5.06. The lowest BCUT2D eigenvalue weighted by molar-refractivity contribution is -0.192. The Morgan fingerprint density at radius 2 is 1.29 bits per heavy atom. The van der Waals surface area contributed by atoms with Crippen molar-refractivity contribution in [1.29, 1.82) is 10.8 Å². The van der Waals surface area contributed by atoms with Crippen molar-refractivity contribution in [3.63, 3.8) is 0 Å². The van der Waals surface area contributed by atoms with Gasteiger partial charge in [-0.1, -0.05) is 24.3 Å². The van der Waals surface area contributed by atoms with Gasteiger partial charge in [0.1, 0.15) is 18.2 Å². The molecule has 3 rings (SSSR count). The van der Waals surface area contributed by atoms with Crippen molar-refractivity contribution in [1.82, 2.24) is 20.7 Å². The number of nitrogen functional groups attached to an aromatic ring is 2. The Balaban J connectivity index is 0.00000103. The Kier molecular flexibility index (Phi) is 12.9. The van der Waals surface area contributed by atoms with Crippen LogP contribution in [0.2, 0.25) is 0 Å². The predicted octanol–water partition coefficient (Wildman–Crippen LogP) is 0.300. The smallest absolute Gasteiger partial charge is 0.480 e. The summed E-state index contributed by atoms with van der Waals surface area (Å²) >= 11 is 0. The molecule has 0 aliphatic carbocycles. The number of piperazine rings is 1. The maximum atomic E-state index is 13.6. The van der Waals surface area contributed by atoms with Crippen LogP contribution in [0, 0.1) is 10.8 Å². The lowest BCUT2D eigenvalue weighted by Gasteiger charge is -2.47. The number of carbonyl (C=O) groups is 6. The Labute approximate surface area is 270 Å². The maximum absolute atomic E-state index is 13.6. The second kappa shape index (κ2) is 16.1. The molecular weight excluding hydrogens is 645 g/mol. The number of benzene rings is 2. The second-order valence-corrected chi connectivity index (χ2v) is 10.3. The molecule has 0 spiro atoms. The number of rotatable bonds is 12. The molecule has 10 N–H and O–H groups in total. The quantitative estimate of drug-likeness (QED) is 0.0654. The molecule has 16 nitrogen and oxygen atoms in total. The van der Waals surface area contributed by atoms with Gasteiger partial charge in [0, 0.05) is 41.9 Å². The molecule has 2 aromatic rings. The van der Waals surface area contributed by atoms with Crippen LogP contribution in [0.3, 0.4) is 0 Å². The van der Waals surface area contributed by atoms with E-state index in [1.54, 1.807) is 0 Å². The number of carboxylic acids is 2. The van der Waals surface area contributed by atoms with Gasteiger partial charge in [-0.05, 0) is 44.0 Å². The van der Waals surface area contributed by atoms with E-state index in [0.29, 0.717) is 16.7 Å². The zero-order chi connectivity index (χ0) is 36.4. The number of carboxylic acid groups (broad SMARTS) is 2. The first-order valence-electron chi connectivity index (χ1n) is 13.9. The number of Topliss-reactive ketones (excluding diaryl/α,β-unsaturated/α-hetero) is 1. The number of hydrogen-bond acceptors (Lipinski definition) is 9. The lowest BCUT2D eigenvalue weighted by Crippen LogP contribution is -2.73. The van der Waals surface area contributed by atoms with Crippen molar-refractivity contribution in [3.05, 3.63) is 70.8 Å². The number of nitrogens with two attached hydrogens (primary N) is 2. The SMILES string of the molecule is CC(=O)[C@@]1(CCCNC(=O)c2ccc(C(=N)N)cc2)C(=O)N(CC(=O)O)CCN1NC(=O)c1ccc(C(=N)N)cc1.O=C(O)C(F)(F)F. The van der Waals surface area contributed by atoms with E-state index in [4.69, 9.17) is 32.2 Å². The van der Waals surface area contributed by atoms with Crippen LogP contribution in [0.15, 0.2) is 48.5 Å². The molecule has 1 heterocycles. The van der Waals surface area contributed by atoms with Gasteiger partial charge in [0.15, 0.2) is 11.3 Å². The minimum atomic E-state index is -5.08. The number of hydrazine groups is 1. The number of amidine groups is 2. The van der Waals surface area contributed by atoms with Gasteiger partial charge in [-0.25, -0.2) is 4.79 Å². The van der Waals surface area contributed by atoms with E-state index in [1.165, 1.54) is 60.5 Å². The minimum Gasteiger partial charge on any atom is -0.480 e. The summed E-state index contributed by atoms with van der Waals surface area (Å²) < 4.78 is 31.7. The van der Waals surface area contributed by atoms with E-state index in [0.717, 1.165) is 4.90 Å². The first-order valence-corrected chi connectivity index (χ1v) is 13.9. The van der Waals surface area contributed by atoms with Gasteiger partial charge in [-0.2, -0.15) is 18.2 Å². The number of alkyl halides is 3. The van der Waals surface area contributed by atoms with Crippen LogP contribution in [-0.4, -0.2) is 105 Å². The fraction of sp³-hybridized carbons (Fsp3) is 0.310. The zero-order valence-electron chi connectivity index (χ0n) is 25.4. The van der Waals surface area contributed by atoms with E-state index in [9.17, 15) is 42.3 Å². The van der Waals surface area contributed by atoms with E-state index in [-0.39, 0.29) is 49.7 Å². The molecule has 3 amide bonds.